The minimum absolute atomic E-state index is 0.899. The van der Waals surface area contributed by atoms with Crippen LogP contribution in [0, 0.1) is 6.92 Å². The van der Waals surface area contributed by atoms with Crippen molar-refractivity contribution in [1.82, 2.24) is 0 Å². The van der Waals surface area contributed by atoms with E-state index < -0.39 is 0 Å². The van der Waals surface area contributed by atoms with Crippen molar-refractivity contribution in [3.05, 3.63) is 30.7 Å². The fourth-order valence-corrected chi connectivity index (χ4v) is 5.22. The van der Waals surface area contributed by atoms with Gasteiger partial charge in [-0.05, 0) is 61.5 Å². The van der Waals surface area contributed by atoms with E-state index in [0.717, 1.165) is 6.42 Å². The first-order valence-electron chi connectivity index (χ1n) is 11.0. The van der Waals surface area contributed by atoms with Crippen molar-refractivity contribution in [1.29, 1.82) is 0 Å². The van der Waals surface area contributed by atoms with Crippen LogP contribution >= 0.6 is 23.5 Å². The molecule has 1 radical (unpaired) electrons. The summed E-state index contributed by atoms with van der Waals surface area (Å²) >= 11 is 4.08. The lowest BCUT2D eigenvalue weighted by atomic mass is 10.1. The lowest BCUT2D eigenvalue weighted by Gasteiger charge is -2.09. The van der Waals surface area contributed by atoms with Gasteiger partial charge in [0.2, 0.25) is 0 Å². The maximum absolute atomic E-state index is 4.10. The van der Waals surface area contributed by atoms with E-state index in [-0.39, 0.29) is 0 Å². The Morgan fingerprint density at radius 2 is 1.04 bits per heavy atom. The lowest BCUT2D eigenvalue weighted by molar-refractivity contribution is 0.627. The predicted octanol–water partition coefficient (Wildman–Crippen LogP) is 8.97. The van der Waals surface area contributed by atoms with Gasteiger partial charge in [-0.15, -0.1) is 23.5 Å². The van der Waals surface area contributed by atoms with E-state index in [1.54, 1.807) is 0 Å². The van der Waals surface area contributed by atoms with Crippen molar-refractivity contribution in [3.63, 3.8) is 0 Å². The molecule has 0 amide bonds. The van der Waals surface area contributed by atoms with Crippen LogP contribution in [0.3, 0.4) is 0 Å². The van der Waals surface area contributed by atoms with Gasteiger partial charge in [0.1, 0.15) is 0 Å². The van der Waals surface area contributed by atoms with Gasteiger partial charge in [-0.1, -0.05) is 78.1 Å². The first kappa shape index (κ1) is 24.0. The zero-order valence-electron chi connectivity index (χ0n) is 17.4. The smallest absolute Gasteiger partial charge is 0.00858 e. The van der Waals surface area contributed by atoms with E-state index in [2.05, 4.69) is 39.0 Å². The van der Waals surface area contributed by atoms with Gasteiger partial charge in [-0.3, -0.25) is 0 Å². The molecule has 0 aliphatic rings. The summed E-state index contributed by atoms with van der Waals surface area (Å²) in [5, 5.41) is 0. The third kappa shape index (κ3) is 12.3. The molecule has 0 aliphatic heterocycles. The SMILES string of the molecule is [CH2]Cc1cc(SCCCCCCCC)cc(SCCCCCCCC)c1. The van der Waals surface area contributed by atoms with Crippen LogP contribution in [0.15, 0.2) is 28.0 Å². The van der Waals surface area contributed by atoms with Gasteiger partial charge in [0, 0.05) is 9.79 Å². The summed E-state index contributed by atoms with van der Waals surface area (Å²) < 4.78 is 0. The Kier molecular flexibility index (Phi) is 15.7. The highest BCUT2D eigenvalue weighted by Crippen LogP contribution is 2.29. The second-order valence-corrected chi connectivity index (χ2v) is 9.63. The fraction of sp³-hybridized carbons (Fsp3) is 0.708. The van der Waals surface area contributed by atoms with Gasteiger partial charge in [-0.2, -0.15) is 0 Å². The molecule has 0 aromatic heterocycles. The van der Waals surface area contributed by atoms with Crippen LogP contribution in [-0.4, -0.2) is 11.5 Å². The van der Waals surface area contributed by atoms with Crippen LogP contribution in [-0.2, 0) is 6.42 Å². The molecule has 0 unspecified atom stereocenters. The third-order valence-corrected chi connectivity index (χ3v) is 6.89. The van der Waals surface area contributed by atoms with Crippen LogP contribution in [0.4, 0.5) is 0 Å². The Morgan fingerprint density at radius 1 is 0.615 bits per heavy atom. The number of hydrogen-bond donors (Lipinski definition) is 0. The van der Waals surface area contributed by atoms with Gasteiger partial charge in [-0.25, -0.2) is 0 Å². The Balaban J connectivity index is 2.28. The average molecular weight is 394 g/mol. The molecule has 0 aliphatic carbocycles. The molecule has 0 saturated heterocycles. The number of unbranched alkanes of at least 4 members (excludes halogenated alkanes) is 10. The topological polar surface area (TPSA) is 0 Å². The third-order valence-electron chi connectivity index (χ3n) is 4.76. The molecule has 0 saturated carbocycles. The molecule has 0 spiro atoms. The van der Waals surface area contributed by atoms with Crippen LogP contribution in [0.5, 0.6) is 0 Å². The molecule has 0 bridgehead atoms. The molecule has 0 nitrogen and oxygen atoms in total. The zero-order chi connectivity index (χ0) is 18.9. The highest BCUT2D eigenvalue weighted by molar-refractivity contribution is 8.00. The molecular weight excluding hydrogens is 352 g/mol. The number of rotatable bonds is 17. The second-order valence-electron chi connectivity index (χ2n) is 7.30. The lowest BCUT2D eigenvalue weighted by Crippen LogP contribution is -1.88. The summed E-state index contributed by atoms with van der Waals surface area (Å²) in [6.45, 7) is 8.67. The Morgan fingerprint density at radius 3 is 1.46 bits per heavy atom. The quantitative estimate of drug-likeness (QED) is 0.191. The molecule has 2 heteroatoms. The molecule has 0 heterocycles. The first-order valence-corrected chi connectivity index (χ1v) is 13.0. The highest BCUT2D eigenvalue weighted by Gasteiger charge is 2.03. The van der Waals surface area contributed by atoms with Crippen LogP contribution in [0.1, 0.15) is 96.5 Å². The van der Waals surface area contributed by atoms with E-state index >= 15 is 0 Å². The standard InChI is InChI=1S/C24H41S2/c1-4-7-9-11-13-15-17-25-23-19-22(6-3)20-24(21-23)26-18-16-14-12-10-8-5-2/h19-21H,3-18H2,1-2H3. The van der Waals surface area contributed by atoms with Crippen LogP contribution < -0.4 is 0 Å². The monoisotopic (exact) mass is 393 g/mol. The summed E-state index contributed by atoms with van der Waals surface area (Å²) in [6.07, 6.45) is 17.5. The molecule has 149 valence electrons. The summed E-state index contributed by atoms with van der Waals surface area (Å²) in [4.78, 5) is 2.90. The van der Waals surface area contributed by atoms with Gasteiger partial charge in [0.25, 0.3) is 0 Å². The van der Waals surface area contributed by atoms with Crippen LogP contribution in [0.25, 0.3) is 0 Å². The van der Waals surface area contributed by atoms with E-state index in [9.17, 15) is 0 Å². The molecule has 0 atom stereocenters. The fourth-order valence-electron chi connectivity index (χ4n) is 3.09. The number of benzene rings is 1. The van der Waals surface area contributed by atoms with Crippen molar-refractivity contribution in [2.24, 2.45) is 0 Å². The summed E-state index contributed by atoms with van der Waals surface area (Å²) in [6, 6.07) is 7.11. The first-order chi connectivity index (χ1) is 12.8. The summed E-state index contributed by atoms with van der Waals surface area (Å²) in [7, 11) is 0. The van der Waals surface area contributed by atoms with Crippen molar-refractivity contribution in [2.45, 2.75) is 107 Å². The summed E-state index contributed by atoms with van der Waals surface area (Å²) in [5.74, 6) is 2.52. The van der Waals surface area contributed by atoms with Crippen molar-refractivity contribution in [2.75, 3.05) is 11.5 Å². The van der Waals surface area contributed by atoms with Crippen LogP contribution in [0.2, 0.25) is 0 Å². The zero-order valence-corrected chi connectivity index (χ0v) is 19.0. The maximum atomic E-state index is 4.10. The number of thioether (sulfide) groups is 2. The molecule has 1 aromatic carbocycles. The predicted molar refractivity (Wildman–Crippen MR) is 124 cm³/mol. The van der Waals surface area contributed by atoms with Crippen molar-refractivity contribution in [3.8, 4) is 0 Å². The Labute approximate surface area is 172 Å². The van der Waals surface area contributed by atoms with E-state index in [1.165, 1.54) is 104 Å². The van der Waals surface area contributed by atoms with Gasteiger partial charge < -0.3 is 0 Å². The Hall–Kier alpha value is -0.0800. The van der Waals surface area contributed by atoms with E-state index in [1.807, 2.05) is 23.5 Å². The molecule has 0 fully saturated rings. The van der Waals surface area contributed by atoms with Crippen molar-refractivity contribution < 1.29 is 0 Å². The van der Waals surface area contributed by atoms with Gasteiger partial charge >= 0.3 is 0 Å². The van der Waals surface area contributed by atoms with Gasteiger partial charge in [0.15, 0.2) is 0 Å². The maximum Gasteiger partial charge on any atom is 0.00858 e. The van der Waals surface area contributed by atoms with E-state index in [4.69, 9.17) is 0 Å². The molecule has 1 rings (SSSR count). The Bertz CT molecular complexity index is 406. The molecular formula is C24H41S2. The molecule has 1 aromatic rings. The second kappa shape index (κ2) is 17.0. The summed E-state index contributed by atoms with van der Waals surface area (Å²) in [5.41, 5.74) is 1.39. The molecule has 26 heavy (non-hydrogen) atoms. The average Bonchev–Trinajstić information content (AvgIpc) is 2.66. The molecule has 0 N–H and O–H groups in total. The number of hydrogen-bond acceptors (Lipinski definition) is 2. The minimum Gasteiger partial charge on any atom is -0.126 e. The van der Waals surface area contributed by atoms with E-state index in [0.29, 0.717) is 0 Å². The van der Waals surface area contributed by atoms with Crippen molar-refractivity contribution >= 4 is 23.5 Å². The highest BCUT2D eigenvalue weighted by atomic mass is 32.2. The largest absolute Gasteiger partial charge is 0.126 e. The minimum atomic E-state index is 0.899. The van der Waals surface area contributed by atoms with Gasteiger partial charge in [0.05, 0.1) is 0 Å². The normalized spacial score (nSPS) is 11.2.